The SMILES string of the molecule is CC(C)C1CCCN1S(=O)(=O)c1ccc(Br)cc1. The van der Waals surface area contributed by atoms with Crippen molar-refractivity contribution in [3.8, 4) is 0 Å². The number of hydrogen-bond acceptors (Lipinski definition) is 2. The van der Waals surface area contributed by atoms with Gasteiger partial charge in [-0.25, -0.2) is 8.42 Å². The van der Waals surface area contributed by atoms with Crippen molar-refractivity contribution in [3.05, 3.63) is 28.7 Å². The quantitative estimate of drug-likeness (QED) is 0.852. The first-order valence-electron chi connectivity index (χ1n) is 6.20. The number of benzene rings is 1. The molecule has 1 aliphatic rings. The van der Waals surface area contributed by atoms with Gasteiger partial charge in [0.25, 0.3) is 0 Å². The summed E-state index contributed by atoms with van der Waals surface area (Å²) in [6.07, 6.45) is 1.92. The highest BCUT2D eigenvalue weighted by molar-refractivity contribution is 9.10. The van der Waals surface area contributed by atoms with Crippen molar-refractivity contribution >= 4 is 26.0 Å². The van der Waals surface area contributed by atoms with Crippen LogP contribution in [0.1, 0.15) is 26.7 Å². The third kappa shape index (κ3) is 2.63. The molecule has 5 heteroatoms. The largest absolute Gasteiger partial charge is 0.243 e. The van der Waals surface area contributed by atoms with E-state index in [0.29, 0.717) is 17.4 Å². The van der Waals surface area contributed by atoms with Crippen LogP contribution in [0.25, 0.3) is 0 Å². The van der Waals surface area contributed by atoms with E-state index in [2.05, 4.69) is 29.8 Å². The van der Waals surface area contributed by atoms with Crippen molar-refractivity contribution < 1.29 is 8.42 Å². The van der Waals surface area contributed by atoms with E-state index in [9.17, 15) is 8.42 Å². The van der Waals surface area contributed by atoms with Crippen molar-refractivity contribution in [1.29, 1.82) is 0 Å². The van der Waals surface area contributed by atoms with Gasteiger partial charge in [0.2, 0.25) is 10.0 Å². The number of rotatable bonds is 3. The van der Waals surface area contributed by atoms with E-state index in [1.165, 1.54) is 0 Å². The molecule has 1 heterocycles. The molecular weight excluding hydrogens is 314 g/mol. The molecule has 0 saturated carbocycles. The third-order valence-electron chi connectivity index (χ3n) is 3.44. The summed E-state index contributed by atoms with van der Waals surface area (Å²) < 4.78 is 27.7. The Hall–Kier alpha value is -0.390. The zero-order valence-corrected chi connectivity index (χ0v) is 13.0. The van der Waals surface area contributed by atoms with Crippen LogP contribution in [-0.4, -0.2) is 25.3 Å². The smallest absolute Gasteiger partial charge is 0.207 e. The van der Waals surface area contributed by atoms with E-state index in [1.54, 1.807) is 28.6 Å². The summed E-state index contributed by atoms with van der Waals surface area (Å²) in [7, 11) is -3.34. The lowest BCUT2D eigenvalue weighted by Gasteiger charge is -2.26. The van der Waals surface area contributed by atoms with Crippen molar-refractivity contribution in [2.45, 2.75) is 37.6 Å². The van der Waals surface area contributed by atoms with Crippen LogP contribution in [-0.2, 0) is 10.0 Å². The normalized spacial score (nSPS) is 21.7. The summed E-state index contributed by atoms with van der Waals surface area (Å²) >= 11 is 3.32. The third-order valence-corrected chi connectivity index (χ3v) is 5.91. The van der Waals surface area contributed by atoms with E-state index in [1.807, 2.05) is 0 Å². The van der Waals surface area contributed by atoms with E-state index in [-0.39, 0.29) is 6.04 Å². The van der Waals surface area contributed by atoms with Gasteiger partial charge in [0, 0.05) is 17.1 Å². The van der Waals surface area contributed by atoms with Crippen LogP contribution in [0, 0.1) is 5.92 Å². The molecule has 0 amide bonds. The molecule has 0 aromatic heterocycles. The monoisotopic (exact) mass is 331 g/mol. The molecule has 0 aliphatic carbocycles. The van der Waals surface area contributed by atoms with Gasteiger partial charge in [-0.3, -0.25) is 0 Å². The van der Waals surface area contributed by atoms with Gasteiger partial charge in [0.1, 0.15) is 0 Å². The van der Waals surface area contributed by atoms with E-state index < -0.39 is 10.0 Å². The van der Waals surface area contributed by atoms with Crippen molar-refractivity contribution in [2.75, 3.05) is 6.54 Å². The van der Waals surface area contributed by atoms with Crippen LogP contribution in [0.3, 0.4) is 0 Å². The molecule has 0 N–H and O–H groups in total. The first kappa shape index (κ1) is 14.0. The van der Waals surface area contributed by atoms with Gasteiger partial charge in [0.05, 0.1) is 4.90 Å². The van der Waals surface area contributed by atoms with Gasteiger partial charge in [-0.15, -0.1) is 0 Å². The fourth-order valence-corrected chi connectivity index (χ4v) is 4.56. The highest BCUT2D eigenvalue weighted by Crippen LogP contribution is 2.30. The molecule has 0 radical (unpaired) electrons. The van der Waals surface area contributed by atoms with Crippen LogP contribution < -0.4 is 0 Å². The molecule has 1 fully saturated rings. The second-order valence-corrected chi connectivity index (χ2v) is 7.83. The Morgan fingerprint density at radius 3 is 2.44 bits per heavy atom. The fraction of sp³-hybridized carbons (Fsp3) is 0.538. The van der Waals surface area contributed by atoms with Gasteiger partial charge in [0.15, 0.2) is 0 Å². The highest BCUT2D eigenvalue weighted by atomic mass is 79.9. The molecule has 18 heavy (non-hydrogen) atoms. The number of halogens is 1. The van der Waals surface area contributed by atoms with Gasteiger partial charge in [-0.05, 0) is 43.0 Å². The molecule has 100 valence electrons. The Labute approximate surface area is 117 Å². The van der Waals surface area contributed by atoms with Gasteiger partial charge in [-0.1, -0.05) is 29.8 Å². The maximum Gasteiger partial charge on any atom is 0.243 e. The van der Waals surface area contributed by atoms with Crippen molar-refractivity contribution in [1.82, 2.24) is 4.31 Å². The molecule has 0 spiro atoms. The van der Waals surface area contributed by atoms with Crippen LogP contribution in [0.4, 0.5) is 0 Å². The summed E-state index contributed by atoms with van der Waals surface area (Å²) in [5.74, 6) is 0.359. The predicted octanol–water partition coefficient (Wildman–Crippen LogP) is 3.26. The fourth-order valence-electron chi connectivity index (χ4n) is 2.47. The second kappa shape index (κ2) is 5.31. The van der Waals surface area contributed by atoms with E-state index in [0.717, 1.165) is 17.3 Å². The molecule has 1 saturated heterocycles. The Bertz CT molecular complexity index is 510. The highest BCUT2D eigenvalue weighted by Gasteiger charge is 2.36. The Kier molecular flexibility index (Phi) is 4.14. The van der Waals surface area contributed by atoms with Crippen molar-refractivity contribution in [3.63, 3.8) is 0 Å². The van der Waals surface area contributed by atoms with E-state index in [4.69, 9.17) is 0 Å². The molecule has 1 unspecified atom stereocenters. The average molecular weight is 332 g/mol. The lowest BCUT2D eigenvalue weighted by Crippen LogP contribution is -2.38. The maximum absolute atomic E-state index is 12.6. The molecule has 1 aliphatic heterocycles. The predicted molar refractivity (Wildman–Crippen MR) is 75.9 cm³/mol. The minimum atomic E-state index is -3.34. The topological polar surface area (TPSA) is 37.4 Å². The number of sulfonamides is 1. The van der Waals surface area contributed by atoms with Gasteiger partial charge < -0.3 is 0 Å². The molecular formula is C13H18BrNO2S. The molecule has 0 bridgehead atoms. The van der Waals surface area contributed by atoms with Crippen LogP contribution in [0.5, 0.6) is 0 Å². The molecule has 1 aromatic rings. The summed E-state index contributed by atoms with van der Waals surface area (Å²) in [5, 5.41) is 0. The Morgan fingerprint density at radius 1 is 1.28 bits per heavy atom. The van der Waals surface area contributed by atoms with Crippen molar-refractivity contribution in [2.24, 2.45) is 5.92 Å². The number of nitrogens with zero attached hydrogens (tertiary/aromatic N) is 1. The van der Waals surface area contributed by atoms with E-state index >= 15 is 0 Å². The molecule has 2 rings (SSSR count). The second-order valence-electron chi connectivity index (χ2n) is 5.02. The lowest BCUT2D eigenvalue weighted by molar-refractivity contribution is 0.316. The summed E-state index contributed by atoms with van der Waals surface area (Å²) in [6.45, 7) is 4.81. The van der Waals surface area contributed by atoms with Crippen LogP contribution in [0.2, 0.25) is 0 Å². The lowest BCUT2D eigenvalue weighted by atomic mass is 10.0. The number of hydrogen-bond donors (Lipinski definition) is 0. The standard InChI is InChI=1S/C13H18BrNO2S/c1-10(2)13-4-3-9-15(13)18(16,17)12-7-5-11(14)6-8-12/h5-8,10,13H,3-4,9H2,1-2H3. The average Bonchev–Trinajstić information content (AvgIpc) is 2.79. The molecule has 1 atom stereocenters. The first-order valence-corrected chi connectivity index (χ1v) is 8.43. The first-order chi connectivity index (χ1) is 8.43. The Balaban J connectivity index is 2.33. The summed E-state index contributed by atoms with van der Waals surface area (Å²) in [6, 6.07) is 7.00. The zero-order chi connectivity index (χ0) is 13.3. The molecule has 1 aromatic carbocycles. The Morgan fingerprint density at radius 2 is 1.89 bits per heavy atom. The summed E-state index contributed by atoms with van der Waals surface area (Å²) in [5.41, 5.74) is 0. The summed E-state index contributed by atoms with van der Waals surface area (Å²) in [4.78, 5) is 0.387. The van der Waals surface area contributed by atoms with Gasteiger partial charge >= 0.3 is 0 Å². The maximum atomic E-state index is 12.6. The zero-order valence-electron chi connectivity index (χ0n) is 10.6. The van der Waals surface area contributed by atoms with Crippen LogP contribution in [0.15, 0.2) is 33.6 Å². The minimum Gasteiger partial charge on any atom is -0.207 e. The van der Waals surface area contributed by atoms with Gasteiger partial charge in [-0.2, -0.15) is 4.31 Å². The molecule has 3 nitrogen and oxygen atoms in total. The minimum absolute atomic E-state index is 0.138. The van der Waals surface area contributed by atoms with Crippen LogP contribution >= 0.6 is 15.9 Å².